The van der Waals surface area contributed by atoms with Crippen molar-refractivity contribution in [2.24, 2.45) is 0 Å². The molecule has 6 nitrogen and oxygen atoms in total. The summed E-state index contributed by atoms with van der Waals surface area (Å²) in [5.41, 5.74) is -0.0473. The summed E-state index contributed by atoms with van der Waals surface area (Å²) in [5, 5.41) is -0.292. The molecule has 0 amide bonds. The average Bonchev–Trinajstić information content (AvgIpc) is 2.58. The van der Waals surface area contributed by atoms with Crippen LogP contribution >= 0.6 is 0 Å². The molecule has 0 unspecified atom stereocenters. The lowest BCUT2D eigenvalue weighted by Gasteiger charge is -2.34. The molecule has 0 radical (unpaired) electrons. The molecule has 1 rings (SSSR count). The van der Waals surface area contributed by atoms with Crippen molar-refractivity contribution in [2.75, 3.05) is 0 Å². The first-order valence-electron chi connectivity index (χ1n) is 8.87. The maximum absolute atomic E-state index is 12.5. The van der Waals surface area contributed by atoms with Crippen LogP contribution < -0.4 is 9.47 Å². The van der Waals surface area contributed by atoms with Gasteiger partial charge in [0.15, 0.2) is 11.5 Å². The summed E-state index contributed by atoms with van der Waals surface area (Å²) in [5.74, 6) is -8.42. The molecule has 0 aromatic heterocycles. The monoisotopic (exact) mass is 486 g/mol. The van der Waals surface area contributed by atoms with Crippen LogP contribution in [0.5, 0.6) is 11.5 Å². The average molecular weight is 486 g/mol. The lowest BCUT2D eigenvalue weighted by Crippen LogP contribution is -2.42. The molecular weight excluding hydrogens is 466 g/mol. The van der Waals surface area contributed by atoms with Crippen LogP contribution in [0, 0.1) is 0 Å². The first kappa shape index (κ1) is 27.2. The molecule has 0 atom stereocenters. The Bertz CT molecular complexity index is 912. The SMILES string of the molecule is CC(C)(C)[Si](C)(C)OC(=O)/C=C/c1ccc(OC(=O)C(F)(F)F)c(OC(=O)C(F)(F)F)c1. The summed E-state index contributed by atoms with van der Waals surface area (Å²) < 4.78 is 88.2. The van der Waals surface area contributed by atoms with E-state index in [0.717, 1.165) is 18.2 Å². The van der Waals surface area contributed by atoms with Crippen molar-refractivity contribution >= 4 is 32.3 Å². The summed E-state index contributed by atoms with van der Waals surface area (Å²) in [7, 11) is -2.46. The number of alkyl halides is 6. The minimum atomic E-state index is -5.47. The highest BCUT2D eigenvalue weighted by Gasteiger charge is 2.44. The minimum Gasteiger partial charge on any atom is -0.516 e. The van der Waals surface area contributed by atoms with E-state index in [4.69, 9.17) is 4.43 Å². The second kappa shape index (κ2) is 9.34. The summed E-state index contributed by atoms with van der Waals surface area (Å²) in [6, 6.07) is 2.40. The van der Waals surface area contributed by atoms with Crippen LogP contribution in [-0.2, 0) is 18.8 Å². The van der Waals surface area contributed by atoms with Crippen molar-refractivity contribution in [3.05, 3.63) is 29.8 Å². The molecule has 0 saturated carbocycles. The van der Waals surface area contributed by atoms with Crippen LogP contribution in [0.4, 0.5) is 26.3 Å². The van der Waals surface area contributed by atoms with Crippen LogP contribution in [0.1, 0.15) is 26.3 Å². The van der Waals surface area contributed by atoms with Crippen LogP contribution in [-0.4, -0.2) is 38.6 Å². The van der Waals surface area contributed by atoms with E-state index in [0.29, 0.717) is 12.1 Å². The quantitative estimate of drug-likeness (QED) is 0.188. The molecule has 13 heteroatoms. The van der Waals surface area contributed by atoms with Crippen LogP contribution in [0.2, 0.25) is 18.1 Å². The lowest BCUT2D eigenvalue weighted by molar-refractivity contribution is -0.191. The fourth-order valence-corrected chi connectivity index (χ4v) is 2.59. The molecular formula is C19H20F6O6Si. The third-order valence-electron chi connectivity index (χ3n) is 4.41. The lowest BCUT2D eigenvalue weighted by atomic mass is 10.2. The van der Waals surface area contributed by atoms with Gasteiger partial charge < -0.3 is 13.9 Å². The maximum Gasteiger partial charge on any atom is 0.491 e. The third-order valence-corrected chi connectivity index (χ3v) is 8.73. The molecule has 0 fully saturated rings. The maximum atomic E-state index is 12.5. The normalized spacial score (nSPS) is 13.1. The number of carbonyl (C=O) groups is 3. The van der Waals surface area contributed by atoms with Crippen LogP contribution in [0.15, 0.2) is 24.3 Å². The van der Waals surface area contributed by atoms with Gasteiger partial charge in [0.2, 0.25) is 0 Å². The van der Waals surface area contributed by atoms with Crippen molar-refractivity contribution < 1.29 is 54.6 Å². The van der Waals surface area contributed by atoms with E-state index in [1.54, 1.807) is 13.1 Å². The van der Waals surface area contributed by atoms with Gasteiger partial charge in [-0.05, 0) is 41.9 Å². The van der Waals surface area contributed by atoms with E-state index in [9.17, 15) is 40.7 Å². The Morgan fingerprint density at radius 3 is 1.75 bits per heavy atom. The zero-order valence-corrected chi connectivity index (χ0v) is 18.6. The Balaban J connectivity index is 3.20. The first-order chi connectivity index (χ1) is 14.2. The molecule has 0 aliphatic heterocycles. The van der Waals surface area contributed by atoms with Crippen molar-refractivity contribution in [2.45, 2.75) is 51.3 Å². The Kier molecular flexibility index (Phi) is 7.94. The smallest absolute Gasteiger partial charge is 0.491 e. The Labute approximate surface area is 180 Å². The summed E-state index contributed by atoms with van der Waals surface area (Å²) in [6.07, 6.45) is -8.89. The number of ether oxygens (including phenoxy) is 2. The third kappa shape index (κ3) is 7.69. The largest absolute Gasteiger partial charge is 0.516 e. The molecule has 0 N–H and O–H groups in total. The number of esters is 2. The highest BCUT2D eigenvalue weighted by Crippen LogP contribution is 2.37. The highest BCUT2D eigenvalue weighted by molar-refractivity contribution is 6.75. The number of halogens is 6. The zero-order chi connectivity index (χ0) is 25.1. The van der Waals surface area contributed by atoms with E-state index in [2.05, 4.69) is 9.47 Å². The van der Waals surface area contributed by atoms with Gasteiger partial charge in [0.25, 0.3) is 8.32 Å². The number of hydrogen-bond donors (Lipinski definition) is 0. The Morgan fingerprint density at radius 2 is 1.31 bits per heavy atom. The first-order valence-corrected chi connectivity index (χ1v) is 11.8. The van der Waals surface area contributed by atoms with E-state index < -0.39 is 50.1 Å². The van der Waals surface area contributed by atoms with Gasteiger partial charge in [0.1, 0.15) is 0 Å². The van der Waals surface area contributed by atoms with Crippen molar-refractivity contribution in [3.63, 3.8) is 0 Å². The Hall–Kier alpha value is -2.83. The van der Waals surface area contributed by atoms with Gasteiger partial charge in [0, 0.05) is 6.08 Å². The molecule has 178 valence electrons. The molecule has 0 aliphatic rings. The van der Waals surface area contributed by atoms with Gasteiger partial charge in [-0.1, -0.05) is 26.8 Å². The van der Waals surface area contributed by atoms with E-state index in [-0.39, 0.29) is 10.6 Å². The minimum absolute atomic E-state index is 0.0473. The summed E-state index contributed by atoms with van der Waals surface area (Å²) in [6.45, 7) is 9.27. The van der Waals surface area contributed by atoms with Crippen molar-refractivity contribution in [3.8, 4) is 11.5 Å². The number of benzene rings is 1. The number of rotatable bonds is 5. The van der Waals surface area contributed by atoms with Gasteiger partial charge in [0.05, 0.1) is 0 Å². The molecule has 1 aromatic carbocycles. The van der Waals surface area contributed by atoms with Crippen LogP contribution in [0.3, 0.4) is 0 Å². The van der Waals surface area contributed by atoms with E-state index in [1.807, 2.05) is 20.8 Å². The summed E-state index contributed by atoms with van der Waals surface area (Å²) >= 11 is 0. The highest BCUT2D eigenvalue weighted by atomic mass is 28.4. The molecule has 32 heavy (non-hydrogen) atoms. The van der Waals surface area contributed by atoms with E-state index in [1.165, 1.54) is 0 Å². The van der Waals surface area contributed by atoms with Crippen molar-refractivity contribution in [1.29, 1.82) is 0 Å². The molecule has 0 aliphatic carbocycles. The predicted molar refractivity (Wildman–Crippen MR) is 102 cm³/mol. The molecule has 0 spiro atoms. The van der Waals surface area contributed by atoms with Gasteiger partial charge in [-0.2, -0.15) is 26.3 Å². The Morgan fingerprint density at radius 1 is 0.844 bits per heavy atom. The summed E-state index contributed by atoms with van der Waals surface area (Å²) in [4.78, 5) is 34.2. The van der Waals surface area contributed by atoms with Crippen LogP contribution in [0.25, 0.3) is 6.08 Å². The molecule has 1 aromatic rings. The van der Waals surface area contributed by atoms with Gasteiger partial charge in [-0.3, -0.25) is 0 Å². The number of carbonyl (C=O) groups excluding carboxylic acids is 3. The van der Waals surface area contributed by atoms with E-state index >= 15 is 0 Å². The fraction of sp³-hybridized carbons (Fsp3) is 0.421. The predicted octanol–water partition coefficient (Wildman–Crippen LogP) is 5.18. The van der Waals surface area contributed by atoms with Crippen molar-refractivity contribution in [1.82, 2.24) is 0 Å². The zero-order valence-electron chi connectivity index (χ0n) is 17.6. The van der Waals surface area contributed by atoms with Gasteiger partial charge in [-0.15, -0.1) is 0 Å². The molecule has 0 saturated heterocycles. The second-order valence-corrected chi connectivity index (χ2v) is 12.7. The van der Waals surface area contributed by atoms with Gasteiger partial charge in [-0.25, -0.2) is 14.4 Å². The number of hydrogen-bond acceptors (Lipinski definition) is 6. The van der Waals surface area contributed by atoms with Gasteiger partial charge >= 0.3 is 30.3 Å². The molecule has 0 bridgehead atoms. The second-order valence-electron chi connectivity index (χ2n) is 8.00. The topological polar surface area (TPSA) is 78.9 Å². The standard InChI is InChI=1S/C19H20F6O6Si/c1-17(2,3)32(4,5)31-14(26)9-7-11-6-8-12(29-15(27)18(20,21)22)13(10-11)30-16(28)19(23,24)25/h6-10H,1-5H3/b9-7+. The molecule has 0 heterocycles. The fourth-order valence-electron chi connectivity index (χ4n) is 1.71.